The van der Waals surface area contributed by atoms with Gasteiger partial charge in [-0.3, -0.25) is 0 Å². The lowest BCUT2D eigenvalue weighted by atomic mass is 10.0. The van der Waals surface area contributed by atoms with E-state index < -0.39 is 0 Å². The van der Waals surface area contributed by atoms with E-state index in [2.05, 4.69) is 0 Å². The van der Waals surface area contributed by atoms with Crippen LogP contribution in [0.15, 0.2) is 59.3 Å². The molecule has 0 aliphatic heterocycles. The lowest BCUT2D eigenvalue weighted by Crippen LogP contribution is -2.13. The predicted octanol–water partition coefficient (Wildman–Crippen LogP) is 4.39. The molecule has 3 aromatic rings. The third-order valence-corrected chi connectivity index (χ3v) is 4.69. The molecule has 0 amide bonds. The Balaban J connectivity index is 1.95. The van der Waals surface area contributed by atoms with E-state index in [1.807, 2.05) is 59.3 Å². The fourth-order valence-corrected chi connectivity index (χ4v) is 3.31. The first-order valence-electron chi connectivity index (χ1n) is 7.93. The second kappa shape index (κ2) is 8.05. The van der Waals surface area contributed by atoms with Crippen molar-refractivity contribution in [2.75, 3.05) is 14.2 Å². The Morgan fingerprint density at radius 2 is 1.68 bits per heavy atom. The van der Waals surface area contributed by atoms with Crippen LogP contribution in [0, 0.1) is 0 Å². The van der Waals surface area contributed by atoms with Crippen LogP contribution in [0.1, 0.15) is 22.7 Å². The molecule has 0 saturated heterocycles. The zero-order valence-corrected chi connectivity index (χ0v) is 15.1. The number of benzene rings is 2. The normalized spacial score (nSPS) is 11.8. The van der Waals surface area contributed by atoms with E-state index in [0.717, 1.165) is 16.7 Å². The highest BCUT2D eigenvalue weighted by atomic mass is 32.1. The van der Waals surface area contributed by atoms with Gasteiger partial charge in [-0.2, -0.15) is 11.3 Å². The molecular formula is C20H21NO3S. The van der Waals surface area contributed by atoms with Crippen molar-refractivity contribution < 1.29 is 14.2 Å². The summed E-state index contributed by atoms with van der Waals surface area (Å²) in [4.78, 5) is 0. The number of methoxy groups -OCH3 is 2. The van der Waals surface area contributed by atoms with Crippen LogP contribution >= 0.6 is 11.3 Å². The van der Waals surface area contributed by atoms with Crippen molar-refractivity contribution in [3.8, 4) is 17.2 Å². The summed E-state index contributed by atoms with van der Waals surface area (Å²) in [5.41, 5.74) is 9.48. The number of hydrogen-bond acceptors (Lipinski definition) is 5. The van der Waals surface area contributed by atoms with Crippen molar-refractivity contribution in [2.45, 2.75) is 12.6 Å². The van der Waals surface area contributed by atoms with E-state index in [4.69, 9.17) is 19.9 Å². The Morgan fingerprint density at radius 3 is 2.32 bits per heavy atom. The molecule has 0 unspecified atom stereocenters. The summed E-state index contributed by atoms with van der Waals surface area (Å²) in [6.07, 6.45) is 0. The summed E-state index contributed by atoms with van der Waals surface area (Å²) >= 11 is 1.62. The summed E-state index contributed by atoms with van der Waals surface area (Å²) < 4.78 is 16.9. The SMILES string of the molecule is COc1cc(OCc2ccccc2)c([C@H](N)c2ccsc2)cc1OC. The van der Waals surface area contributed by atoms with Crippen molar-refractivity contribution in [3.05, 3.63) is 76.0 Å². The van der Waals surface area contributed by atoms with Gasteiger partial charge in [-0.05, 0) is 34.0 Å². The van der Waals surface area contributed by atoms with Gasteiger partial charge in [0.1, 0.15) is 12.4 Å². The molecule has 130 valence electrons. The van der Waals surface area contributed by atoms with Crippen molar-refractivity contribution in [2.24, 2.45) is 5.73 Å². The van der Waals surface area contributed by atoms with Crippen LogP contribution in [0.5, 0.6) is 17.2 Å². The van der Waals surface area contributed by atoms with Gasteiger partial charge in [-0.25, -0.2) is 0 Å². The molecule has 0 radical (unpaired) electrons. The van der Waals surface area contributed by atoms with Crippen LogP contribution in [0.3, 0.4) is 0 Å². The lowest BCUT2D eigenvalue weighted by molar-refractivity contribution is 0.296. The van der Waals surface area contributed by atoms with E-state index in [9.17, 15) is 0 Å². The molecule has 0 spiro atoms. The molecule has 1 atom stereocenters. The first-order valence-corrected chi connectivity index (χ1v) is 8.87. The summed E-state index contributed by atoms with van der Waals surface area (Å²) in [5, 5.41) is 4.06. The molecule has 2 N–H and O–H groups in total. The number of thiophene rings is 1. The Morgan fingerprint density at radius 1 is 0.960 bits per heavy atom. The van der Waals surface area contributed by atoms with E-state index in [0.29, 0.717) is 23.9 Å². The highest BCUT2D eigenvalue weighted by Crippen LogP contribution is 2.39. The van der Waals surface area contributed by atoms with Crippen LogP contribution in [-0.2, 0) is 6.61 Å². The van der Waals surface area contributed by atoms with Gasteiger partial charge in [0.05, 0.1) is 20.3 Å². The second-order valence-electron chi connectivity index (χ2n) is 5.55. The zero-order chi connectivity index (χ0) is 17.6. The van der Waals surface area contributed by atoms with E-state index in [-0.39, 0.29) is 6.04 Å². The highest BCUT2D eigenvalue weighted by Gasteiger charge is 2.19. The molecule has 0 aliphatic rings. The largest absolute Gasteiger partial charge is 0.493 e. The molecule has 4 nitrogen and oxygen atoms in total. The molecule has 3 rings (SSSR count). The van der Waals surface area contributed by atoms with Gasteiger partial charge in [0.2, 0.25) is 0 Å². The van der Waals surface area contributed by atoms with E-state index >= 15 is 0 Å². The monoisotopic (exact) mass is 355 g/mol. The molecule has 5 heteroatoms. The minimum Gasteiger partial charge on any atom is -0.493 e. The quantitative estimate of drug-likeness (QED) is 0.683. The summed E-state index contributed by atoms with van der Waals surface area (Å²) in [6.45, 7) is 0.458. The Bertz CT molecular complexity index is 803. The molecule has 0 bridgehead atoms. The third-order valence-electron chi connectivity index (χ3n) is 3.99. The fourth-order valence-electron chi connectivity index (χ4n) is 2.61. The molecule has 25 heavy (non-hydrogen) atoms. The van der Waals surface area contributed by atoms with Gasteiger partial charge in [0.15, 0.2) is 11.5 Å². The summed E-state index contributed by atoms with van der Waals surface area (Å²) in [7, 11) is 3.22. The van der Waals surface area contributed by atoms with Crippen LogP contribution in [0.2, 0.25) is 0 Å². The number of rotatable bonds is 7. The number of ether oxygens (including phenoxy) is 3. The first kappa shape index (κ1) is 17.3. The maximum absolute atomic E-state index is 6.48. The Kier molecular flexibility index (Phi) is 5.58. The topological polar surface area (TPSA) is 53.7 Å². The maximum atomic E-state index is 6.48. The second-order valence-corrected chi connectivity index (χ2v) is 6.33. The van der Waals surface area contributed by atoms with Gasteiger partial charge in [0, 0.05) is 11.6 Å². The van der Waals surface area contributed by atoms with Crippen LogP contribution < -0.4 is 19.9 Å². The molecular weight excluding hydrogens is 334 g/mol. The average Bonchev–Trinajstić information content (AvgIpc) is 3.20. The third kappa shape index (κ3) is 3.95. The van der Waals surface area contributed by atoms with Crippen molar-refractivity contribution >= 4 is 11.3 Å². The standard InChI is InChI=1S/C20H21NO3S/c1-22-18-10-16(20(21)15-8-9-25-13-15)17(11-19(18)23-2)24-12-14-6-4-3-5-7-14/h3-11,13,20H,12,21H2,1-2H3/t20-/m1/s1. The van der Waals surface area contributed by atoms with Gasteiger partial charge < -0.3 is 19.9 Å². The molecule has 0 aliphatic carbocycles. The molecule has 0 saturated carbocycles. The number of nitrogens with two attached hydrogens (primary N) is 1. The van der Waals surface area contributed by atoms with Gasteiger partial charge in [-0.15, -0.1) is 0 Å². The van der Waals surface area contributed by atoms with Crippen LogP contribution in [0.25, 0.3) is 0 Å². The van der Waals surface area contributed by atoms with Crippen LogP contribution in [0.4, 0.5) is 0 Å². The highest BCUT2D eigenvalue weighted by molar-refractivity contribution is 7.08. The Labute approximate surface area is 151 Å². The number of hydrogen-bond donors (Lipinski definition) is 1. The summed E-state index contributed by atoms with van der Waals surface area (Å²) in [5.74, 6) is 1.95. The average molecular weight is 355 g/mol. The van der Waals surface area contributed by atoms with Gasteiger partial charge >= 0.3 is 0 Å². The molecule has 2 aromatic carbocycles. The smallest absolute Gasteiger partial charge is 0.164 e. The maximum Gasteiger partial charge on any atom is 0.164 e. The van der Waals surface area contributed by atoms with Crippen molar-refractivity contribution in [3.63, 3.8) is 0 Å². The van der Waals surface area contributed by atoms with Crippen LogP contribution in [-0.4, -0.2) is 14.2 Å². The van der Waals surface area contributed by atoms with Gasteiger partial charge in [-0.1, -0.05) is 30.3 Å². The fraction of sp³-hybridized carbons (Fsp3) is 0.200. The van der Waals surface area contributed by atoms with E-state index in [1.165, 1.54) is 0 Å². The Hall–Kier alpha value is -2.50. The lowest BCUT2D eigenvalue weighted by Gasteiger charge is -2.19. The predicted molar refractivity (Wildman–Crippen MR) is 101 cm³/mol. The summed E-state index contributed by atoms with van der Waals surface area (Å²) in [6, 6.07) is 15.5. The zero-order valence-electron chi connectivity index (χ0n) is 14.3. The van der Waals surface area contributed by atoms with Crippen molar-refractivity contribution in [1.82, 2.24) is 0 Å². The van der Waals surface area contributed by atoms with Gasteiger partial charge in [0.25, 0.3) is 0 Å². The molecule has 0 fully saturated rings. The van der Waals surface area contributed by atoms with Crippen molar-refractivity contribution in [1.29, 1.82) is 0 Å². The minimum absolute atomic E-state index is 0.295. The van der Waals surface area contributed by atoms with E-state index in [1.54, 1.807) is 25.6 Å². The first-order chi connectivity index (χ1) is 12.2. The molecule has 1 aromatic heterocycles. The minimum atomic E-state index is -0.295. The molecule has 1 heterocycles.